The molecular weight excluding hydrogens is 243 g/mol. The van der Waals surface area contributed by atoms with Gasteiger partial charge in [0, 0.05) is 21.3 Å². The Labute approximate surface area is 93.3 Å². The number of thiocarbonyl (C=S) groups is 1. The molecule has 0 spiro atoms. The number of carbonyl (C=O) groups excluding carboxylic acids is 1. The van der Waals surface area contributed by atoms with Gasteiger partial charge in [0.15, 0.2) is 5.11 Å². The molecule has 0 aromatic carbocycles. The minimum absolute atomic E-state index is 0.117. The van der Waals surface area contributed by atoms with Crippen molar-refractivity contribution in [3.05, 3.63) is 0 Å². The first-order chi connectivity index (χ1) is 6.91. The van der Waals surface area contributed by atoms with Crippen LogP contribution in [0.3, 0.4) is 0 Å². The van der Waals surface area contributed by atoms with Crippen LogP contribution in [0.2, 0.25) is 0 Å². The molecule has 0 aromatic rings. The first kappa shape index (κ1) is 14.3. The fourth-order valence-electron chi connectivity index (χ4n) is 0.650. The average molecular weight is 256 g/mol. The number of carbonyl (C=O) groups is 1. The summed E-state index contributed by atoms with van der Waals surface area (Å²) in [5.41, 5.74) is 0. The molecule has 0 rings (SSSR count). The van der Waals surface area contributed by atoms with Crippen LogP contribution in [0.4, 0.5) is 4.79 Å². The molecule has 0 aliphatic carbocycles. The van der Waals surface area contributed by atoms with E-state index in [2.05, 4.69) is 19.1 Å². The van der Waals surface area contributed by atoms with Crippen LogP contribution in [0.15, 0.2) is 0 Å². The maximum Gasteiger partial charge on any atom is 0.436 e. The smallest absolute Gasteiger partial charge is 0.436 e. The van der Waals surface area contributed by atoms with Crippen LogP contribution in [0.5, 0.6) is 0 Å². The highest BCUT2D eigenvalue weighted by Gasteiger charge is 2.30. The highest BCUT2D eigenvalue weighted by atomic mass is 32.1. The largest absolute Gasteiger partial charge is 0.453 e. The van der Waals surface area contributed by atoms with Crippen LogP contribution >= 0.6 is 20.0 Å². The number of hydrogen-bond donors (Lipinski definition) is 1. The Morgan fingerprint density at radius 3 is 2.13 bits per heavy atom. The molecule has 0 heterocycles. The molecule has 0 aromatic heterocycles. The molecule has 88 valence electrons. The maximum atomic E-state index is 11.8. The van der Waals surface area contributed by atoms with Crippen molar-refractivity contribution < 1.29 is 23.1 Å². The summed E-state index contributed by atoms with van der Waals surface area (Å²) in [5.74, 6) is 0. The second-order valence-corrected chi connectivity index (χ2v) is 4.93. The zero-order chi connectivity index (χ0) is 12.1. The monoisotopic (exact) mass is 256 g/mol. The van der Waals surface area contributed by atoms with Crippen molar-refractivity contribution in [3.8, 4) is 0 Å². The lowest BCUT2D eigenvalue weighted by atomic mass is 10.9. The summed E-state index contributed by atoms with van der Waals surface area (Å²) >= 11 is 4.78. The van der Waals surface area contributed by atoms with E-state index >= 15 is 0 Å². The van der Waals surface area contributed by atoms with E-state index in [-0.39, 0.29) is 5.11 Å². The van der Waals surface area contributed by atoms with Gasteiger partial charge in [0.05, 0.1) is 7.11 Å². The van der Waals surface area contributed by atoms with Gasteiger partial charge < -0.3 is 4.74 Å². The van der Waals surface area contributed by atoms with Gasteiger partial charge in [-0.05, 0) is 12.2 Å². The first-order valence-electron chi connectivity index (χ1n) is 3.76. The number of nitrogens with one attached hydrogen (secondary N) is 1. The van der Waals surface area contributed by atoms with Crippen molar-refractivity contribution in [1.82, 2.24) is 9.99 Å². The molecule has 15 heavy (non-hydrogen) atoms. The van der Waals surface area contributed by atoms with E-state index in [1.165, 1.54) is 28.4 Å². The molecule has 1 N–H and O–H groups in total. The summed E-state index contributed by atoms with van der Waals surface area (Å²) in [6, 6.07) is 0. The minimum atomic E-state index is -3.47. The van der Waals surface area contributed by atoms with Crippen LogP contribution in [0.1, 0.15) is 0 Å². The zero-order valence-electron chi connectivity index (χ0n) is 8.84. The van der Waals surface area contributed by atoms with Gasteiger partial charge in [-0.3, -0.25) is 19.0 Å². The van der Waals surface area contributed by atoms with Crippen LogP contribution in [0.25, 0.3) is 0 Å². The Hall–Kier alpha value is -0.690. The molecule has 7 nitrogen and oxygen atoms in total. The molecule has 0 fully saturated rings. The maximum absolute atomic E-state index is 11.8. The van der Waals surface area contributed by atoms with Gasteiger partial charge in [0.25, 0.3) is 0 Å². The van der Waals surface area contributed by atoms with Crippen molar-refractivity contribution in [2.24, 2.45) is 0 Å². The second kappa shape index (κ2) is 6.02. The van der Waals surface area contributed by atoms with Gasteiger partial charge in [-0.2, -0.15) is 0 Å². The van der Waals surface area contributed by atoms with Gasteiger partial charge in [-0.1, -0.05) is 0 Å². The first-order valence-corrected chi connectivity index (χ1v) is 5.66. The Balaban J connectivity index is 4.57. The van der Waals surface area contributed by atoms with Crippen molar-refractivity contribution in [3.63, 3.8) is 0 Å². The lowest BCUT2D eigenvalue weighted by Gasteiger charge is -2.25. The van der Waals surface area contributed by atoms with E-state index in [4.69, 9.17) is 12.2 Å². The van der Waals surface area contributed by atoms with E-state index in [1.54, 1.807) is 0 Å². The number of hydrogen-bond acceptors (Lipinski definition) is 6. The average Bonchev–Trinajstić information content (AvgIpc) is 2.26. The second-order valence-electron chi connectivity index (χ2n) is 2.28. The van der Waals surface area contributed by atoms with Gasteiger partial charge in [0.1, 0.15) is 0 Å². The third kappa shape index (κ3) is 3.75. The van der Waals surface area contributed by atoms with Gasteiger partial charge in [-0.15, -0.1) is 0 Å². The molecule has 0 aliphatic rings. The van der Waals surface area contributed by atoms with Gasteiger partial charge in [-0.25, -0.2) is 9.36 Å². The van der Waals surface area contributed by atoms with Crippen molar-refractivity contribution in [2.75, 3.05) is 28.4 Å². The minimum Gasteiger partial charge on any atom is -0.453 e. The molecule has 9 heteroatoms. The summed E-state index contributed by atoms with van der Waals surface area (Å²) in [4.78, 5) is 10.8. The fourth-order valence-corrected chi connectivity index (χ4v) is 1.94. The third-order valence-electron chi connectivity index (χ3n) is 1.52. The van der Waals surface area contributed by atoms with E-state index in [0.717, 1.165) is 4.67 Å². The number of alkyl carbamates (subject to hydrolysis) is 1. The summed E-state index contributed by atoms with van der Waals surface area (Å²) in [5, 5.41) is 2.05. The summed E-state index contributed by atoms with van der Waals surface area (Å²) in [6.07, 6.45) is -0.759. The lowest BCUT2D eigenvalue weighted by molar-refractivity contribution is 0.176. The predicted molar refractivity (Wildman–Crippen MR) is 57.5 cm³/mol. The van der Waals surface area contributed by atoms with Crippen LogP contribution in [-0.2, 0) is 18.3 Å². The predicted octanol–water partition coefficient (Wildman–Crippen LogP) is 0.960. The SMILES string of the molecule is COC(=O)NC(=S)N(C)P(=O)(OC)OC. The lowest BCUT2D eigenvalue weighted by Crippen LogP contribution is -2.39. The quantitative estimate of drug-likeness (QED) is 0.595. The summed E-state index contributed by atoms with van der Waals surface area (Å²) < 4.78 is 26.4. The van der Waals surface area contributed by atoms with E-state index in [0.29, 0.717) is 0 Å². The highest BCUT2D eigenvalue weighted by molar-refractivity contribution is 7.81. The highest BCUT2D eigenvalue weighted by Crippen LogP contribution is 2.49. The molecule has 0 aliphatic heterocycles. The number of ether oxygens (including phenoxy) is 1. The standard InChI is InChI=1S/C6H13N2O5PS/c1-8(14(10,12-3)13-4)5(15)7-6(9)11-2/h1-4H3,(H,7,9,15). The van der Waals surface area contributed by atoms with E-state index < -0.39 is 13.8 Å². The molecular formula is C6H13N2O5PS. The summed E-state index contributed by atoms with van der Waals surface area (Å²) in [6.45, 7) is 0. The fraction of sp³-hybridized carbons (Fsp3) is 0.667. The topological polar surface area (TPSA) is 77.1 Å². The third-order valence-corrected chi connectivity index (χ3v) is 3.89. The number of nitrogens with zero attached hydrogens (tertiary/aromatic N) is 1. The summed E-state index contributed by atoms with van der Waals surface area (Å²) in [7, 11) is 1.50. The Kier molecular flexibility index (Phi) is 5.74. The Morgan fingerprint density at radius 2 is 1.80 bits per heavy atom. The number of amides is 1. The Bertz CT molecular complexity index is 289. The van der Waals surface area contributed by atoms with Crippen molar-refractivity contribution in [1.29, 1.82) is 0 Å². The molecule has 0 bridgehead atoms. The van der Waals surface area contributed by atoms with Gasteiger partial charge in [0.2, 0.25) is 0 Å². The van der Waals surface area contributed by atoms with Crippen LogP contribution in [-0.4, -0.2) is 44.3 Å². The zero-order valence-corrected chi connectivity index (χ0v) is 10.6. The molecule has 0 unspecified atom stereocenters. The Morgan fingerprint density at radius 1 is 1.33 bits per heavy atom. The number of rotatable bonds is 3. The van der Waals surface area contributed by atoms with E-state index in [9.17, 15) is 9.36 Å². The van der Waals surface area contributed by atoms with Crippen molar-refractivity contribution in [2.45, 2.75) is 0 Å². The number of methoxy groups -OCH3 is 1. The molecule has 0 saturated heterocycles. The molecule has 0 radical (unpaired) electrons. The normalized spacial score (nSPS) is 10.7. The molecule has 1 amide bonds. The molecule has 0 saturated carbocycles. The van der Waals surface area contributed by atoms with Crippen molar-refractivity contribution >= 4 is 31.2 Å². The van der Waals surface area contributed by atoms with Crippen LogP contribution in [0, 0.1) is 0 Å². The van der Waals surface area contributed by atoms with E-state index in [1.807, 2.05) is 0 Å². The molecule has 0 atom stereocenters. The van der Waals surface area contributed by atoms with Crippen LogP contribution < -0.4 is 5.32 Å². The van der Waals surface area contributed by atoms with Gasteiger partial charge >= 0.3 is 13.8 Å².